The number of amides is 1. The number of hydrogen-bond donors (Lipinski definition) is 2. The molecule has 0 saturated carbocycles. The molecule has 4 nitrogen and oxygen atoms in total. The highest BCUT2D eigenvalue weighted by Crippen LogP contribution is 2.24. The van der Waals surface area contributed by atoms with Crippen LogP contribution in [0.2, 0.25) is 10.0 Å². The standard InChI is InChI=1S/C11H12Cl2FNO3/c1-18-5-6(4-16)15-11(17)7-2-10(14)9(13)3-8(7)12/h2-3,6,16H,4-5H2,1H3,(H,15,17). The summed E-state index contributed by atoms with van der Waals surface area (Å²) < 4.78 is 18.0. The molecule has 0 saturated heterocycles. The van der Waals surface area contributed by atoms with Gasteiger partial charge in [0.05, 0.1) is 34.9 Å². The van der Waals surface area contributed by atoms with Crippen molar-refractivity contribution in [3.05, 3.63) is 33.6 Å². The van der Waals surface area contributed by atoms with E-state index in [2.05, 4.69) is 5.32 Å². The number of carbonyl (C=O) groups excluding carboxylic acids is 1. The molecule has 0 aromatic heterocycles. The van der Waals surface area contributed by atoms with Gasteiger partial charge in [0.15, 0.2) is 0 Å². The van der Waals surface area contributed by atoms with E-state index in [9.17, 15) is 9.18 Å². The van der Waals surface area contributed by atoms with Crippen LogP contribution < -0.4 is 5.32 Å². The van der Waals surface area contributed by atoms with E-state index < -0.39 is 17.8 Å². The molecule has 1 rings (SSSR count). The third-order valence-corrected chi connectivity index (χ3v) is 2.78. The summed E-state index contributed by atoms with van der Waals surface area (Å²) in [6, 6.07) is 1.51. The molecule has 0 bridgehead atoms. The van der Waals surface area contributed by atoms with Crippen molar-refractivity contribution in [3.8, 4) is 0 Å². The van der Waals surface area contributed by atoms with Gasteiger partial charge < -0.3 is 15.2 Å². The van der Waals surface area contributed by atoms with E-state index in [1.165, 1.54) is 7.11 Å². The highest BCUT2D eigenvalue weighted by Gasteiger charge is 2.17. The molecule has 0 aliphatic carbocycles. The summed E-state index contributed by atoms with van der Waals surface area (Å²) in [5, 5.41) is 11.3. The normalized spacial score (nSPS) is 12.3. The summed E-state index contributed by atoms with van der Waals surface area (Å²) in [5.74, 6) is -1.34. The molecule has 7 heteroatoms. The average molecular weight is 296 g/mol. The lowest BCUT2D eigenvalue weighted by atomic mass is 10.2. The number of hydrogen-bond acceptors (Lipinski definition) is 3. The van der Waals surface area contributed by atoms with Gasteiger partial charge in [-0.2, -0.15) is 0 Å². The SMILES string of the molecule is COCC(CO)NC(=O)c1cc(F)c(Cl)cc1Cl. The summed E-state index contributed by atoms with van der Waals surface area (Å²) >= 11 is 11.3. The van der Waals surface area contributed by atoms with Gasteiger partial charge in [-0.15, -0.1) is 0 Å². The molecule has 100 valence electrons. The zero-order valence-corrected chi connectivity index (χ0v) is 11.1. The van der Waals surface area contributed by atoms with Crippen LogP contribution >= 0.6 is 23.2 Å². The minimum absolute atomic E-state index is 0.0352. The van der Waals surface area contributed by atoms with E-state index in [1.807, 2.05) is 0 Å². The van der Waals surface area contributed by atoms with Gasteiger partial charge in [0.1, 0.15) is 5.82 Å². The number of benzene rings is 1. The Morgan fingerprint density at radius 2 is 2.17 bits per heavy atom. The first-order valence-electron chi connectivity index (χ1n) is 5.04. The van der Waals surface area contributed by atoms with Crippen LogP contribution in [-0.4, -0.2) is 37.4 Å². The minimum Gasteiger partial charge on any atom is -0.394 e. The van der Waals surface area contributed by atoms with Crippen LogP contribution in [0.3, 0.4) is 0 Å². The second-order valence-corrected chi connectivity index (χ2v) is 4.37. The van der Waals surface area contributed by atoms with E-state index in [0.717, 1.165) is 12.1 Å². The summed E-state index contributed by atoms with van der Waals surface area (Å²) in [7, 11) is 1.43. The molecule has 1 aromatic rings. The highest BCUT2D eigenvalue weighted by atomic mass is 35.5. The van der Waals surface area contributed by atoms with Crippen molar-refractivity contribution in [2.45, 2.75) is 6.04 Å². The molecule has 0 spiro atoms. The van der Waals surface area contributed by atoms with Gasteiger partial charge in [0, 0.05) is 7.11 Å². The van der Waals surface area contributed by atoms with Gasteiger partial charge >= 0.3 is 0 Å². The van der Waals surface area contributed by atoms with Crippen molar-refractivity contribution < 1.29 is 19.0 Å². The zero-order valence-electron chi connectivity index (χ0n) is 9.54. The first-order chi connectivity index (χ1) is 8.49. The third kappa shape index (κ3) is 3.81. The Bertz CT molecular complexity index is 443. The van der Waals surface area contributed by atoms with E-state index in [0.29, 0.717) is 0 Å². The summed E-state index contributed by atoms with van der Waals surface area (Å²) in [4.78, 5) is 11.8. The average Bonchev–Trinajstić information content (AvgIpc) is 2.33. The quantitative estimate of drug-likeness (QED) is 0.816. The lowest BCUT2D eigenvalue weighted by molar-refractivity contribution is 0.0839. The van der Waals surface area contributed by atoms with Crippen LogP contribution in [0.1, 0.15) is 10.4 Å². The first kappa shape index (κ1) is 15.2. The van der Waals surface area contributed by atoms with Gasteiger partial charge in [-0.3, -0.25) is 4.79 Å². The fraction of sp³-hybridized carbons (Fsp3) is 0.364. The number of methoxy groups -OCH3 is 1. The second kappa shape index (κ2) is 6.89. The molecule has 0 radical (unpaired) electrons. The van der Waals surface area contributed by atoms with E-state index in [-0.39, 0.29) is 28.8 Å². The predicted molar refractivity (Wildman–Crippen MR) is 66.6 cm³/mol. The van der Waals surface area contributed by atoms with Gasteiger partial charge in [0.25, 0.3) is 5.91 Å². The largest absolute Gasteiger partial charge is 0.394 e. The number of carbonyl (C=O) groups is 1. The zero-order chi connectivity index (χ0) is 13.7. The second-order valence-electron chi connectivity index (χ2n) is 3.55. The number of nitrogens with one attached hydrogen (secondary N) is 1. The first-order valence-corrected chi connectivity index (χ1v) is 5.80. The lowest BCUT2D eigenvalue weighted by Crippen LogP contribution is -2.40. The van der Waals surface area contributed by atoms with Crippen LogP contribution in [0, 0.1) is 5.82 Å². The number of rotatable bonds is 5. The van der Waals surface area contributed by atoms with Crippen molar-refractivity contribution >= 4 is 29.1 Å². The molecule has 2 N–H and O–H groups in total. The summed E-state index contributed by atoms with van der Waals surface area (Å²) in [5.41, 5.74) is -0.0480. The number of halogens is 3. The van der Waals surface area contributed by atoms with E-state index >= 15 is 0 Å². The molecule has 0 heterocycles. The molecule has 0 fully saturated rings. The van der Waals surface area contributed by atoms with Crippen molar-refractivity contribution in [1.82, 2.24) is 5.32 Å². The molecule has 1 unspecified atom stereocenters. The Labute approximate surface area is 114 Å². The van der Waals surface area contributed by atoms with Crippen molar-refractivity contribution in [2.75, 3.05) is 20.3 Å². The van der Waals surface area contributed by atoms with Crippen molar-refractivity contribution in [3.63, 3.8) is 0 Å². The molecule has 18 heavy (non-hydrogen) atoms. The molecular weight excluding hydrogens is 284 g/mol. The molecule has 1 amide bonds. The Balaban J connectivity index is 2.87. The summed E-state index contributed by atoms with van der Waals surface area (Å²) in [6.45, 7) is -0.163. The molecule has 1 aromatic carbocycles. The maximum atomic E-state index is 13.2. The number of ether oxygens (including phenoxy) is 1. The van der Waals surface area contributed by atoms with Crippen LogP contribution in [0.25, 0.3) is 0 Å². The van der Waals surface area contributed by atoms with E-state index in [4.69, 9.17) is 33.0 Å². The molecular formula is C11H12Cl2FNO3. The Morgan fingerprint density at radius 3 is 2.72 bits per heavy atom. The third-order valence-electron chi connectivity index (χ3n) is 2.18. The topological polar surface area (TPSA) is 58.6 Å². The molecule has 0 aliphatic heterocycles. The monoisotopic (exact) mass is 295 g/mol. The van der Waals surface area contributed by atoms with Gasteiger partial charge in [-0.05, 0) is 12.1 Å². The fourth-order valence-corrected chi connectivity index (χ4v) is 1.77. The van der Waals surface area contributed by atoms with Crippen LogP contribution in [0.15, 0.2) is 12.1 Å². The number of aliphatic hydroxyl groups excluding tert-OH is 1. The molecule has 1 atom stereocenters. The molecule has 0 aliphatic rings. The van der Waals surface area contributed by atoms with Gasteiger partial charge in [-0.25, -0.2) is 4.39 Å². The lowest BCUT2D eigenvalue weighted by Gasteiger charge is -2.15. The van der Waals surface area contributed by atoms with Crippen molar-refractivity contribution in [1.29, 1.82) is 0 Å². The van der Waals surface area contributed by atoms with Crippen molar-refractivity contribution in [2.24, 2.45) is 0 Å². The Morgan fingerprint density at radius 1 is 1.50 bits per heavy atom. The Hall–Kier alpha value is -0.880. The maximum Gasteiger partial charge on any atom is 0.253 e. The van der Waals surface area contributed by atoms with Gasteiger partial charge in [-0.1, -0.05) is 23.2 Å². The van der Waals surface area contributed by atoms with Gasteiger partial charge in [0.2, 0.25) is 0 Å². The maximum absolute atomic E-state index is 13.2. The number of aliphatic hydroxyl groups is 1. The summed E-state index contributed by atoms with van der Waals surface area (Å²) in [6.07, 6.45) is 0. The fourth-order valence-electron chi connectivity index (χ4n) is 1.30. The van der Waals surface area contributed by atoms with E-state index in [1.54, 1.807) is 0 Å². The van der Waals surface area contributed by atoms with Crippen LogP contribution in [0.4, 0.5) is 4.39 Å². The minimum atomic E-state index is -0.737. The highest BCUT2D eigenvalue weighted by molar-refractivity contribution is 6.36. The van der Waals surface area contributed by atoms with Crippen LogP contribution in [0.5, 0.6) is 0 Å². The smallest absolute Gasteiger partial charge is 0.253 e. The predicted octanol–water partition coefficient (Wildman–Crippen LogP) is 1.87. The van der Waals surface area contributed by atoms with Crippen LogP contribution in [-0.2, 0) is 4.74 Å². The Kier molecular flexibility index (Phi) is 5.81.